The molecule has 0 atom stereocenters. The van der Waals surface area contributed by atoms with Crippen molar-refractivity contribution in [1.29, 1.82) is 0 Å². The molecule has 0 saturated heterocycles. The second-order valence-electron chi connectivity index (χ2n) is 6.00. The molecule has 7 heteroatoms. The summed E-state index contributed by atoms with van der Waals surface area (Å²) in [6.45, 7) is 0.788. The van der Waals surface area contributed by atoms with E-state index >= 15 is 0 Å². The highest BCUT2D eigenvalue weighted by atomic mass is 35.5. The number of nitrogens with zero attached hydrogens (tertiary/aromatic N) is 1. The van der Waals surface area contributed by atoms with Crippen molar-refractivity contribution in [1.82, 2.24) is 10.9 Å². The Bertz CT molecular complexity index is 797. The third-order valence-electron chi connectivity index (χ3n) is 4.05. The maximum Gasteiger partial charge on any atom is 0.276 e. The van der Waals surface area contributed by atoms with Gasteiger partial charge in [0.05, 0.1) is 6.54 Å². The Labute approximate surface area is 157 Å². The quantitative estimate of drug-likeness (QED) is 0.789. The van der Waals surface area contributed by atoms with E-state index in [2.05, 4.69) is 16.9 Å². The fourth-order valence-corrected chi connectivity index (χ4v) is 3.05. The minimum absolute atomic E-state index is 0.187. The molecule has 0 aliphatic carbocycles. The van der Waals surface area contributed by atoms with Crippen LogP contribution in [0.2, 0.25) is 5.02 Å². The number of aryl methyl sites for hydroxylation is 1. The summed E-state index contributed by atoms with van der Waals surface area (Å²) in [6, 6.07) is 14.8. The first-order chi connectivity index (χ1) is 12.6. The zero-order valence-corrected chi connectivity index (χ0v) is 15.0. The zero-order valence-electron chi connectivity index (χ0n) is 14.2. The van der Waals surface area contributed by atoms with Crippen LogP contribution in [0.5, 0.6) is 5.75 Å². The molecular weight excluding hydrogens is 354 g/mol. The number of hydrogen-bond donors (Lipinski definition) is 2. The Morgan fingerprint density at radius 2 is 1.88 bits per heavy atom. The van der Waals surface area contributed by atoms with Crippen LogP contribution in [-0.2, 0) is 16.0 Å². The van der Waals surface area contributed by atoms with Crippen molar-refractivity contribution in [3.63, 3.8) is 0 Å². The SMILES string of the molecule is O=C(COc1cccc(Cl)c1)NNC(=O)CN1CCCc2ccccc21. The molecule has 2 N–H and O–H groups in total. The number of ether oxygens (including phenoxy) is 1. The van der Waals surface area contributed by atoms with Crippen molar-refractivity contribution in [2.24, 2.45) is 0 Å². The van der Waals surface area contributed by atoms with E-state index in [0.717, 1.165) is 25.1 Å². The van der Waals surface area contributed by atoms with Crippen LogP contribution in [0.4, 0.5) is 5.69 Å². The van der Waals surface area contributed by atoms with Gasteiger partial charge in [0.1, 0.15) is 5.75 Å². The molecule has 0 unspecified atom stereocenters. The van der Waals surface area contributed by atoms with Crippen LogP contribution >= 0.6 is 11.6 Å². The molecular formula is C19H20ClN3O3. The second-order valence-corrected chi connectivity index (χ2v) is 6.43. The number of nitrogens with one attached hydrogen (secondary N) is 2. The van der Waals surface area contributed by atoms with Gasteiger partial charge in [-0.1, -0.05) is 35.9 Å². The maximum absolute atomic E-state index is 12.1. The molecule has 2 amide bonds. The molecule has 0 radical (unpaired) electrons. The smallest absolute Gasteiger partial charge is 0.276 e. The molecule has 0 aromatic heterocycles. The van der Waals surface area contributed by atoms with Gasteiger partial charge in [0.15, 0.2) is 6.61 Å². The van der Waals surface area contributed by atoms with E-state index in [1.165, 1.54) is 5.56 Å². The second kappa shape index (κ2) is 8.58. The van der Waals surface area contributed by atoms with E-state index < -0.39 is 5.91 Å². The lowest BCUT2D eigenvalue weighted by Gasteiger charge is -2.30. The van der Waals surface area contributed by atoms with E-state index in [0.29, 0.717) is 10.8 Å². The van der Waals surface area contributed by atoms with Gasteiger partial charge in [0, 0.05) is 17.3 Å². The predicted molar refractivity (Wildman–Crippen MR) is 100 cm³/mol. The molecule has 3 rings (SSSR count). The topological polar surface area (TPSA) is 70.7 Å². The van der Waals surface area contributed by atoms with Crippen LogP contribution in [0.3, 0.4) is 0 Å². The Morgan fingerprint density at radius 3 is 2.73 bits per heavy atom. The highest BCUT2D eigenvalue weighted by Crippen LogP contribution is 2.26. The van der Waals surface area contributed by atoms with E-state index in [4.69, 9.17) is 16.3 Å². The minimum atomic E-state index is -0.447. The first-order valence-corrected chi connectivity index (χ1v) is 8.78. The van der Waals surface area contributed by atoms with Crippen LogP contribution in [0.25, 0.3) is 0 Å². The fourth-order valence-electron chi connectivity index (χ4n) is 2.87. The average molecular weight is 374 g/mol. The van der Waals surface area contributed by atoms with Crippen LogP contribution < -0.4 is 20.5 Å². The number of benzene rings is 2. The molecule has 26 heavy (non-hydrogen) atoms. The summed E-state index contributed by atoms with van der Waals surface area (Å²) in [7, 11) is 0. The molecule has 0 fully saturated rings. The van der Waals surface area contributed by atoms with E-state index in [1.54, 1.807) is 24.3 Å². The third-order valence-corrected chi connectivity index (χ3v) is 4.28. The summed E-state index contributed by atoms with van der Waals surface area (Å²) in [4.78, 5) is 25.9. The van der Waals surface area contributed by atoms with Crippen molar-refractivity contribution in [2.75, 3.05) is 24.6 Å². The predicted octanol–water partition coefficient (Wildman–Crippen LogP) is 2.32. The number of anilines is 1. The molecule has 136 valence electrons. The number of amides is 2. The Kier molecular flexibility index (Phi) is 5.96. The number of rotatable bonds is 5. The lowest BCUT2D eigenvalue weighted by molar-refractivity contribution is -0.129. The molecule has 2 aromatic rings. The van der Waals surface area contributed by atoms with Gasteiger partial charge in [-0.15, -0.1) is 0 Å². The van der Waals surface area contributed by atoms with E-state index in [-0.39, 0.29) is 19.1 Å². The summed E-state index contributed by atoms with van der Waals surface area (Å²) >= 11 is 5.85. The maximum atomic E-state index is 12.1. The number of hydrazine groups is 1. The number of halogens is 1. The number of para-hydroxylation sites is 1. The Balaban J connectivity index is 1.43. The van der Waals surface area contributed by atoms with Crippen LogP contribution in [0.15, 0.2) is 48.5 Å². The monoisotopic (exact) mass is 373 g/mol. The summed E-state index contributed by atoms with van der Waals surface area (Å²) in [6.07, 6.45) is 2.02. The summed E-state index contributed by atoms with van der Waals surface area (Å²) in [5.74, 6) is -0.237. The minimum Gasteiger partial charge on any atom is -0.484 e. The molecule has 1 aliphatic rings. The lowest BCUT2D eigenvalue weighted by atomic mass is 10.0. The normalized spacial score (nSPS) is 12.9. The molecule has 2 aromatic carbocycles. The van der Waals surface area contributed by atoms with E-state index in [9.17, 15) is 9.59 Å². The van der Waals surface area contributed by atoms with Crippen LogP contribution in [0.1, 0.15) is 12.0 Å². The fraction of sp³-hybridized carbons (Fsp3) is 0.263. The van der Waals surface area contributed by atoms with Gasteiger partial charge < -0.3 is 9.64 Å². The highest BCUT2D eigenvalue weighted by Gasteiger charge is 2.18. The third kappa shape index (κ3) is 4.89. The molecule has 1 heterocycles. The van der Waals surface area contributed by atoms with Crippen LogP contribution in [-0.4, -0.2) is 31.5 Å². The summed E-state index contributed by atoms with van der Waals surface area (Å²) in [5, 5.41) is 0.526. The van der Waals surface area contributed by atoms with Gasteiger partial charge in [-0.25, -0.2) is 0 Å². The van der Waals surface area contributed by atoms with E-state index in [1.807, 2.05) is 23.1 Å². The summed E-state index contributed by atoms with van der Waals surface area (Å²) < 4.78 is 5.32. The van der Waals surface area contributed by atoms with Crippen molar-refractivity contribution in [3.8, 4) is 5.75 Å². The van der Waals surface area contributed by atoms with Crippen molar-refractivity contribution < 1.29 is 14.3 Å². The molecule has 6 nitrogen and oxygen atoms in total. The molecule has 0 saturated carbocycles. The first kappa shape index (κ1) is 18.1. The van der Waals surface area contributed by atoms with Gasteiger partial charge in [0.2, 0.25) is 0 Å². The zero-order chi connectivity index (χ0) is 18.4. The standard InChI is InChI=1S/C19H20ClN3O3/c20-15-7-3-8-16(11-15)26-13-19(25)22-21-18(24)12-23-10-4-6-14-5-1-2-9-17(14)23/h1-3,5,7-9,11H,4,6,10,12-13H2,(H,21,24)(H,22,25). The van der Waals surface area contributed by atoms with Gasteiger partial charge in [-0.05, 0) is 42.7 Å². The number of hydrogen-bond acceptors (Lipinski definition) is 4. The van der Waals surface area contributed by atoms with Crippen molar-refractivity contribution in [3.05, 3.63) is 59.1 Å². The Morgan fingerprint density at radius 1 is 1.08 bits per heavy atom. The van der Waals surface area contributed by atoms with Crippen molar-refractivity contribution >= 4 is 29.1 Å². The molecule has 0 bridgehead atoms. The van der Waals surface area contributed by atoms with Gasteiger partial charge in [0.25, 0.3) is 11.8 Å². The lowest BCUT2D eigenvalue weighted by Crippen LogP contribution is -2.48. The van der Waals surface area contributed by atoms with Gasteiger partial charge in [-0.2, -0.15) is 0 Å². The Hall–Kier alpha value is -2.73. The number of carbonyl (C=O) groups excluding carboxylic acids is 2. The highest BCUT2D eigenvalue weighted by molar-refractivity contribution is 6.30. The molecule has 0 spiro atoms. The van der Waals surface area contributed by atoms with Gasteiger partial charge in [-0.3, -0.25) is 20.4 Å². The van der Waals surface area contributed by atoms with Gasteiger partial charge >= 0.3 is 0 Å². The van der Waals surface area contributed by atoms with Crippen LogP contribution in [0, 0.1) is 0 Å². The first-order valence-electron chi connectivity index (χ1n) is 8.41. The van der Waals surface area contributed by atoms with Crippen molar-refractivity contribution in [2.45, 2.75) is 12.8 Å². The largest absolute Gasteiger partial charge is 0.484 e. The number of fused-ring (bicyclic) bond motifs is 1. The average Bonchev–Trinajstić information content (AvgIpc) is 2.65. The summed E-state index contributed by atoms with van der Waals surface area (Å²) in [5.41, 5.74) is 7.09. The number of carbonyl (C=O) groups is 2. The molecule has 1 aliphatic heterocycles.